The number of methoxy groups -OCH3 is 3. The largest absolute Gasteiger partial charge is 0.466 e. The SMILES string of the molecule is COC(=O)C1=C(C(=O)OC)N(c2ccc(C#N)c(C(=O)OC)c2)COC1. The maximum Gasteiger partial charge on any atom is 0.355 e. The van der Waals surface area contributed by atoms with Crippen LogP contribution in [0.25, 0.3) is 0 Å². The van der Waals surface area contributed by atoms with Gasteiger partial charge in [0, 0.05) is 5.69 Å². The average molecular weight is 360 g/mol. The quantitative estimate of drug-likeness (QED) is 0.566. The molecule has 0 bridgehead atoms. The van der Waals surface area contributed by atoms with Crippen LogP contribution in [0.4, 0.5) is 5.69 Å². The van der Waals surface area contributed by atoms with E-state index in [0.29, 0.717) is 5.69 Å². The van der Waals surface area contributed by atoms with E-state index in [-0.39, 0.29) is 35.7 Å². The van der Waals surface area contributed by atoms with Crippen molar-refractivity contribution < 1.29 is 33.3 Å². The molecule has 0 spiro atoms. The molecule has 0 N–H and O–H groups in total. The predicted octanol–water partition coefficient (Wildman–Crippen LogP) is 0.739. The fourth-order valence-corrected chi connectivity index (χ4v) is 2.42. The molecule has 0 fully saturated rings. The summed E-state index contributed by atoms with van der Waals surface area (Å²) in [6.07, 6.45) is 0. The Hall–Kier alpha value is -3.38. The van der Waals surface area contributed by atoms with Crippen molar-refractivity contribution in [3.05, 3.63) is 40.6 Å². The summed E-state index contributed by atoms with van der Waals surface area (Å²) in [5.74, 6) is -2.22. The summed E-state index contributed by atoms with van der Waals surface area (Å²) < 4.78 is 19.5. The van der Waals surface area contributed by atoms with E-state index in [9.17, 15) is 14.4 Å². The predicted molar refractivity (Wildman–Crippen MR) is 86.9 cm³/mol. The van der Waals surface area contributed by atoms with E-state index in [4.69, 9.17) is 14.7 Å². The van der Waals surface area contributed by atoms with Crippen LogP contribution in [-0.4, -0.2) is 52.6 Å². The third-order valence-electron chi connectivity index (χ3n) is 3.67. The lowest BCUT2D eigenvalue weighted by Gasteiger charge is -2.31. The third kappa shape index (κ3) is 3.50. The molecule has 1 aromatic rings. The van der Waals surface area contributed by atoms with Gasteiger partial charge in [-0.05, 0) is 18.2 Å². The normalized spacial score (nSPS) is 13.7. The van der Waals surface area contributed by atoms with Crippen LogP contribution in [0.5, 0.6) is 0 Å². The lowest BCUT2D eigenvalue weighted by molar-refractivity contribution is -0.140. The number of hydrogen-bond acceptors (Lipinski definition) is 9. The maximum atomic E-state index is 12.3. The third-order valence-corrected chi connectivity index (χ3v) is 3.67. The number of esters is 3. The summed E-state index contributed by atoms with van der Waals surface area (Å²) in [5.41, 5.74) is 0.379. The fourth-order valence-electron chi connectivity index (χ4n) is 2.42. The molecule has 9 heteroatoms. The topological polar surface area (TPSA) is 115 Å². The van der Waals surface area contributed by atoms with Crippen LogP contribution in [0.3, 0.4) is 0 Å². The number of hydrogen-bond donors (Lipinski definition) is 0. The standard InChI is InChI=1S/C17H16N2O7/c1-23-15(20)12-6-11(5-4-10(12)7-18)19-9-26-8-13(16(21)24-2)14(19)17(22)25-3/h4-6H,8-9H2,1-3H3. The zero-order valence-corrected chi connectivity index (χ0v) is 14.4. The maximum absolute atomic E-state index is 12.3. The molecule has 26 heavy (non-hydrogen) atoms. The highest BCUT2D eigenvalue weighted by Crippen LogP contribution is 2.28. The number of rotatable bonds is 4. The van der Waals surface area contributed by atoms with Crippen LogP contribution in [0.1, 0.15) is 15.9 Å². The van der Waals surface area contributed by atoms with Gasteiger partial charge in [-0.25, -0.2) is 14.4 Å². The molecule has 9 nitrogen and oxygen atoms in total. The molecular weight excluding hydrogens is 344 g/mol. The summed E-state index contributed by atoms with van der Waals surface area (Å²) >= 11 is 0. The summed E-state index contributed by atoms with van der Waals surface area (Å²) in [4.78, 5) is 37.5. The molecule has 0 saturated heterocycles. The second-order valence-corrected chi connectivity index (χ2v) is 5.05. The zero-order chi connectivity index (χ0) is 19.3. The lowest BCUT2D eigenvalue weighted by Crippen LogP contribution is -2.38. The van der Waals surface area contributed by atoms with Crippen molar-refractivity contribution in [3.8, 4) is 6.07 Å². The summed E-state index contributed by atoms with van der Waals surface area (Å²) in [5, 5.41) is 9.15. The molecule has 0 aromatic heterocycles. The van der Waals surface area contributed by atoms with Gasteiger partial charge < -0.3 is 23.8 Å². The number of nitrogens with zero attached hydrogens (tertiary/aromatic N) is 2. The van der Waals surface area contributed by atoms with Gasteiger partial charge in [-0.3, -0.25) is 0 Å². The Morgan fingerprint density at radius 2 is 1.73 bits per heavy atom. The smallest absolute Gasteiger partial charge is 0.355 e. The molecule has 0 saturated carbocycles. The minimum atomic E-state index is -0.766. The molecule has 0 radical (unpaired) electrons. The fraction of sp³-hybridized carbons (Fsp3) is 0.294. The summed E-state index contributed by atoms with van der Waals surface area (Å²) in [6, 6.07) is 6.18. The number of ether oxygens (including phenoxy) is 4. The lowest BCUT2D eigenvalue weighted by atomic mass is 10.1. The van der Waals surface area contributed by atoms with Gasteiger partial charge in [0.15, 0.2) is 0 Å². The van der Waals surface area contributed by atoms with E-state index in [1.807, 2.05) is 6.07 Å². The second kappa shape index (κ2) is 8.13. The Labute approximate surface area is 149 Å². The zero-order valence-electron chi connectivity index (χ0n) is 14.4. The highest BCUT2D eigenvalue weighted by molar-refractivity contribution is 6.03. The number of carbonyl (C=O) groups excluding carboxylic acids is 3. The molecule has 1 aliphatic rings. The minimum absolute atomic E-state index is 0.0157. The number of benzene rings is 1. The van der Waals surface area contributed by atoms with Crippen LogP contribution in [0.15, 0.2) is 29.5 Å². The Morgan fingerprint density at radius 3 is 2.31 bits per heavy atom. The Balaban J connectivity index is 2.62. The van der Waals surface area contributed by atoms with Crippen molar-refractivity contribution in [3.63, 3.8) is 0 Å². The molecule has 0 amide bonds. The molecule has 2 rings (SSSR count). The van der Waals surface area contributed by atoms with E-state index < -0.39 is 17.9 Å². The van der Waals surface area contributed by atoms with Crippen molar-refractivity contribution in [2.24, 2.45) is 0 Å². The van der Waals surface area contributed by atoms with Crippen molar-refractivity contribution in [2.75, 3.05) is 39.6 Å². The summed E-state index contributed by atoms with van der Waals surface area (Å²) in [7, 11) is 3.55. The molecule has 0 atom stereocenters. The van der Waals surface area contributed by atoms with Crippen molar-refractivity contribution in [1.82, 2.24) is 0 Å². The molecular formula is C17H16N2O7. The van der Waals surface area contributed by atoms with Crippen LogP contribution in [0.2, 0.25) is 0 Å². The summed E-state index contributed by atoms with van der Waals surface area (Å²) in [6.45, 7) is -0.203. The number of carbonyl (C=O) groups is 3. The van der Waals surface area contributed by atoms with Gasteiger partial charge in [0.2, 0.25) is 0 Å². The Kier molecular flexibility index (Phi) is 5.93. The molecule has 1 aliphatic heterocycles. The van der Waals surface area contributed by atoms with E-state index in [2.05, 4.69) is 9.47 Å². The van der Waals surface area contributed by atoms with Gasteiger partial charge in [-0.1, -0.05) is 0 Å². The van der Waals surface area contributed by atoms with Crippen LogP contribution in [-0.2, 0) is 28.5 Å². The first kappa shape index (κ1) is 19.0. The van der Waals surface area contributed by atoms with E-state index in [1.54, 1.807) is 0 Å². The van der Waals surface area contributed by atoms with Gasteiger partial charge in [0.05, 0.1) is 44.6 Å². The Bertz CT molecular complexity index is 823. The van der Waals surface area contributed by atoms with E-state index in [1.165, 1.54) is 44.4 Å². The van der Waals surface area contributed by atoms with Crippen molar-refractivity contribution >= 4 is 23.6 Å². The number of nitriles is 1. The Morgan fingerprint density at radius 1 is 1.08 bits per heavy atom. The molecule has 136 valence electrons. The average Bonchev–Trinajstić information content (AvgIpc) is 2.70. The monoisotopic (exact) mass is 360 g/mol. The van der Waals surface area contributed by atoms with Gasteiger partial charge >= 0.3 is 17.9 Å². The molecule has 1 heterocycles. The van der Waals surface area contributed by atoms with Crippen LogP contribution >= 0.6 is 0 Å². The first-order chi connectivity index (χ1) is 12.5. The van der Waals surface area contributed by atoms with Gasteiger partial charge in [0.1, 0.15) is 18.5 Å². The molecule has 0 unspecified atom stereocenters. The van der Waals surface area contributed by atoms with Gasteiger partial charge in [-0.15, -0.1) is 0 Å². The van der Waals surface area contributed by atoms with E-state index >= 15 is 0 Å². The van der Waals surface area contributed by atoms with Crippen molar-refractivity contribution in [1.29, 1.82) is 5.26 Å². The highest BCUT2D eigenvalue weighted by atomic mass is 16.5. The number of anilines is 1. The first-order valence-corrected chi connectivity index (χ1v) is 7.36. The minimum Gasteiger partial charge on any atom is -0.466 e. The van der Waals surface area contributed by atoms with Gasteiger partial charge in [0.25, 0.3) is 0 Å². The highest BCUT2D eigenvalue weighted by Gasteiger charge is 2.33. The molecule has 0 aliphatic carbocycles. The first-order valence-electron chi connectivity index (χ1n) is 7.36. The molecule has 1 aromatic carbocycles. The van der Waals surface area contributed by atoms with Gasteiger partial charge in [-0.2, -0.15) is 5.26 Å². The van der Waals surface area contributed by atoms with E-state index in [0.717, 1.165) is 0 Å². The second-order valence-electron chi connectivity index (χ2n) is 5.05. The van der Waals surface area contributed by atoms with Crippen LogP contribution < -0.4 is 4.90 Å². The van der Waals surface area contributed by atoms with Crippen molar-refractivity contribution in [2.45, 2.75) is 0 Å². The van der Waals surface area contributed by atoms with Crippen LogP contribution in [0, 0.1) is 11.3 Å².